The van der Waals surface area contributed by atoms with Crippen molar-refractivity contribution in [3.8, 4) is 0 Å². The van der Waals surface area contributed by atoms with Gasteiger partial charge in [0.1, 0.15) is 16.6 Å². The predicted octanol–water partition coefficient (Wildman–Crippen LogP) is 1.79. The Morgan fingerprint density at radius 3 is 2.75 bits per heavy atom. The summed E-state index contributed by atoms with van der Waals surface area (Å²) in [5.41, 5.74) is -0.849. The van der Waals surface area contributed by atoms with Crippen LogP contribution in [-0.2, 0) is 16.1 Å². The molecule has 2 unspecified atom stereocenters. The maximum absolute atomic E-state index is 12.6. The minimum absolute atomic E-state index is 0.0439. The molecule has 2 amide bonds. The summed E-state index contributed by atoms with van der Waals surface area (Å²) in [5, 5.41) is 5.57. The number of rotatable bonds is 4. The van der Waals surface area contributed by atoms with Gasteiger partial charge in [-0.05, 0) is 19.8 Å². The van der Waals surface area contributed by atoms with E-state index >= 15 is 0 Å². The molecule has 1 aromatic heterocycles. The number of carbonyl (C=O) groups is 2. The van der Waals surface area contributed by atoms with Gasteiger partial charge in [-0.3, -0.25) is 9.59 Å². The van der Waals surface area contributed by atoms with Crippen LogP contribution >= 0.6 is 11.3 Å². The Labute approximate surface area is 123 Å². The molecule has 110 valence electrons. The lowest BCUT2D eigenvalue weighted by Crippen LogP contribution is -2.69. The van der Waals surface area contributed by atoms with Gasteiger partial charge in [0.05, 0.1) is 6.54 Å². The molecule has 1 saturated heterocycles. The first-order chi connectivity index (χ1) is 9.36. The van der Waals surface area contributed by atoms with Crippen LogP contribution in [0.5, 0.6) is 0 Å². The van der Waals surface area contributed by atoms with E-state index < -0.39 is 11.6 Å². The highest BCUT2D eigenvalue weighted by atomic mass is 32.1. The summed E-state index contributed by atoms with van der Waals surface area (Å²) in [6.07, 6.45) is 2.57. The van der Waals surface area contributed by atoms with Crippen molar-refractivity contribution >= 4 is 23.2 Å². The van der Waals surface area contributed by atoms with Gasteiger partial charge in [-0.25, -0.2) is 4.98 Å². The summed E-state index contributed by atoms with van der Waals surface area (Å²) < 4.78 is 0. The number of carbonyl (C=O) groups excluding carboxylic acids is 2. The summed E-state index contributed by atoms with van der Waals surface area (Å²) in [7, 11) is 0. The van der Waals surface area contributed by atoms with Crippen LogP contribution in [0.3, 0.4) is 0 Å². The van der Waals surface area contributed by atoms with Gasteiger partial charge in [0, 0.05) is 11.6 Å². The number of nitrogens with zero attached hydrogens (tertiary/aromatic N) is 2. The fourth-order valence-corrected chi connectivity index (χ4v) is 3.11. The number of amides is 2. The number of hydrogen-bond donors (Lipinski definition) is 1. The van der Waals surface area contributed by atoms with E-state index in [1.807, 2.05) is 19.2 Å². The van der Waals surface area contributed by atoms with Crippen molar-refractivity contribution in [2.45, 2.75) is 52.2 Å². The molecule has 0 spiro atoms. The third-order valence-corrected chi connectivity index (χ3v) is 4.57. The van der Waals surface area contributed by atoms with Crippen molar-refractivity contribution in [1.29, 1.82) is 0 Å². The zero-order valence-electron chi connectivity index (χ0n) is 12.3. The van der Waals surface area contributed by atoms with Crippen LogP contribution in [0.1, 0.15) is 39.1 Å². The van der Waals surface area contributed by atoms with Gasteiger partial charge in [0.15, 0.2) is 0 Å². The van der Waals surface area contributed by atoms with E-state index in [2.05, 4.69) is 10.3 Å². The van der Waals surface area contributed by atoms with Crippen LogP contribution in [0.4, 0.5) is 0 Å². The van der Waals surface area contributed by atoms with Crippen molar-refractivity contribution in [3.63, 3.8) is 0 Å². The molecule has 0 aliphatic carbocycles. The van der Waals surface area contributed by atoms with Crippen LogP contribution in [0.2, 0.25) is 0 Å². The monoisotopic (exact) mass is 295 g/mol. The summed E-state index contributed by atoms with van der Waals surface area (Å²) in [6.45, 7) is 7.93. The van der Waals surface area contributed by atoms with E-state index in [1.165, 1.54) is 11.3 Å². The maximum atomic E-state index is 12.6. The molecule has 2 atom stereocenters. The number of aromatic nitrogens is 1. The van der Waals surface area contributed by atoms with Gasteiger partial charge in [0.25, 0.3) is 0 Å². The summed E-state index contributed by atoms with van der Waals surface area (Å²) in [6, 6.07) is -0.413. The lowest BCUT2D eigenvalue weighted by molar-refractivity contribution is -0.156. The lowest BCUT2D eigenvalue weighted by Gasteiger charge is -2.44. The van der Waals surface area contributed by atoms with E-state index in [4.69, 9.17) is 0 Å². The molecular weight excluding hydrogens is 274 g/mol. The second-order valence-corrected chi connectivity index (χ2v) is 6.78. The molecular formula is C14H21N3O2S. The molecule has 0 radical (unpaired) electrons. The Morgan fingerprint density at radius 2 is 2.20 bits per heavy atom. The molecule has 2 heterocycles. The van der Waals surface area contributed by atoms with E-state index in [0.717, 1.165) is 11.4 Å². The van der Waals surface area contributed by atoms with E-state index in [-0.39, 0.29) is 17.7 Å². The molecule has 1 N–H and O–H groups in total. The second-order valence-electron chi connectivity index (χ2n) is 5.80. The normalized spacial score (nSPS) is 23.6. The molecule has 2 rings (SSSR count). The zero-order chi connectivity index (χ0) is 14.9. The average molecular weight is 295 g/mol. The third kappa shape index (κ3) is 2.70. The first kappa shape index (κ1) is 15.0. The second kappa shape index (κ2) is 5.52. The van der Waals surface area contributed by atoms with Gasteiger partial charge >= 0.3 is 0 Å². The highest BCUT2D eigenvalue weighted by Crippen LogP contribution is 2.26. The molecule has 20 heavy (non-hydrogen) atoms. The average Bonchev–Trinajstić information content (AvgIpc) is 2.87. The highest BCUT2D eigenvalue weighted by molar-refractivity contribution is 7.09. The summed E-state index contributed by atoms with van der Waals surface area (Å²) >= 11 is 1.50. The van der Waals surface area contributed by atoms with Gasteiger partial charge in [0.2, 0.25) is 11.8 Å². The Morgan fingerprint density at radius 1 is 1.50 bits per heavy atom. The third-order valence-electron chi connectivity index (χ3n) is 3.81. The first-order valence-corrected chi connectivity index (χ1v) is 7.76. The van der Waals surface area contributed by atoms with Crippen molar-refractivity contribution in [1.82, 2.24) is 15.2 Å². The molecule has 6 heteroatoms. The van der Waals surface area contributed by atoms with Gasteiger partial charge in [-0.2, -0.15) is 0 Å². The fourth-order valence-electron chi connectivity index (χ4n) is 2.50. The first-order valence-electron chi connectivity index (χ1n) is 6.88. The van der Waals surface area contributed by atoms with Crippen LogP contribution in [0.25, 0.3) is 0 Å². The predicted molar refractivity (Wildman–Crippen MR) is 78.1 cm³/mol. The van der Waals surface area contributed by atoms with Gasteiger partial charge < -0.3 is 10.2 Å². The molecule has 0 saturated carbocycles. The number of thiazole rings is 1. The van der Waals surface area contributed by atoms with Crippen molar-refractivity contribution < 1.29 is 9.59 Å². The minimum atomic E-state index is -0.849. The van der Waals surface area contributed by atoms with E-state index in [0.29, 0.717) is 6.54 Å². The van der Waals surface area contributed by atoms with Crippen molar-refractivity contribution in [2.75, 3.05) is 0 Å². The standard InChI is InChI=1S/C14H21N3O2S/c1-5-9(2)11-12(18)16-14(3,4)13(19)17(11)8-10-15-6-7-20-10/h6-7,9,11H,5,8H2,1-4H3,(H,16,18). The molecule has 1 aromatic rings. The Bertz CT molecular complexity index is 499. The van der Waals surface area contributed by atoms with E-state index in [9.17, 15) is 9.59 Å². The zero-order valence-corrected chi connectivity index (χ0v) is 13.2. The van der Waals surface area contributed by atoms with Crippen molar-refractivity contribution in [3.05, 3.63) is 16.6 Å². The molecule has 1 aliphatic rings. The Hall–Kier alpha value is -1.43. The number of piperazine rings is 1. The van der Waals surface area contributed by atoms with Crippen LogP contribution in [0, 0.1) is 5.92 Å². The largest absolute Gasteiger partial charge is 0.340 e. The van der Waals surface area contributed by atoms with Crippen LogP contribution in [0.15, 0.2) is 11.6 Å². The molecule has 0 bridgehead atoms. The Balaban J connectivity index is 2.32. The molecule has 1 aliphatic heterocycles. The smallest absolute Gasteiger partial charge is 0.248 e. The fraction of sp³-hybridized carbons (Fsp3) is 0.643. The number of nitrogens with one attached hydrogen (secondary N) is 1. The van der Waals surface area contributed by atoms with Gasteiger partial charge in [-0.15, -0.1) is 11.3 Å². The SMILES string of the molecule is CCC(C)C1C(=O)NC(C)(C)C(=O)N1Cc1nccs1. The topological polar surface area (TPSA) is 62.3 Å². The summed E-state index contributed by atoms with van der Waals surface area (Å²) in [4.78, 5) is 30.9. The highest BCUT2D eigenvalue weighted by Gasteiger charge is 2.46. The quantitative estimate of drug-likeness (QED) is 0.921. The lowest BCUT2D eigenvalue weighted by atomic mass is 9.89. The van der Waals surface area contributed by atoms with Crippen molar-refractivity contribution in [2.24, 2.45) is 5.92 Å². The molecule has 0 aromatic carbocycles. The summed E-state index contributed by atoms with van der Waals surface area (Å²) in [5.74, 6) is 0.00752. The van der Waals surface area contributed by atoms with Crippen LogP contribution < -0.4 is 5.32 Å². The van der Waals surface area contributed by atoms with Gasteiger partial charge in [-0.1, -0.05) is 20.3 Å². The Kier molecular flexibility index (Phi) is 4.13. The minimum Gasteiger partial charge on any atom is -0.340 e. The molecule has 5 nitrogen and oxygen atoms in total. The number of hydrogen-bond acceptors (Lipinski definition) is 4. The molecule has 1 fully saturated rings. The van der Waals surface area contributed by atoms with Crippen LogP contribution in [-0.4, -0.2) is 33.3 Å². The maximum Gasteiger partial charge on any atom is 0.248 e. The van der Waals surface area contributed by atoms with E-state index in [1.54, 1.807) is 24.9 Å².